The first-order valence-corrected chi connectivity index (χ1v) is 8.89. The summed E-state index contributed by atoms with van der Waals surface area (Å²) in [4.78, 5) is 21.8. The second-order valence-corrected chi connectivity index (χ2v) is 7.76. The fourth-order valence-electron chi connectivity index (χ4n) is 1.72. The first-order valence-electron chi connectivity index (χ1n) is 7.13. The molecule has 0 saturated heterocycles. The lowest BCUT2D eigenvalue weighted by Crippen LogP contribution is -2.62. The van der Waals surface area contributed by atoms with Crippen molar-refractivity contribution in [1.82, 2.24) is 0 Å². The zero-order chi connectivity index (χ0) is 19.6. The maximum Gasteiger partial charge on any atom is 0.625 e. The number of ether oxygens (including phenoxy) is 1. The molecule has 5 nitrogen and oxygen atoms in total. The van der Waals surface area contributed by atoms with Crippen LogP contribution in [-0.2, 0) is 13.6 Å². The van der Waals surface area contributed by atoms with Crippen molar-refractivity contribution in [3.8, 4) is 0 Å². The maximum atomic E-state index is 14.3. The van der Waals surface area contributed by atoms with Gasteiger partial charge < -0.3 is 18.4 Å². The van der Waals surface area contributed by atoms with Crippen molar-refractivity contribution in [1.29, 1.82) is 0 Å². The Balaban J connectivity index is 3.15. The van der Waals surface area contributed by atoms with E-state index in [0.29, 0.717) is 12.1 Å². The van der Waals surface area contributed by atoms with E-state index in [2.05, 4.69) is 4.74 Å². The van der Waals surface area contributed by atoms with Crippen molar-refractivity contribution in [3.05, 3.63) is 35.1 Å². The molecule has 25 heavy (non-hydrogen) atoms. The summed E-state index contributed by atoms with van der Waals surface area (Å²) in [6.45, 7) is 5.31. The molecule has 1 N–H and O–H groups in total. The van der Waals surface area contributed by atoms with E-state index in [1.165, 1.54) is 27.7 Å². The van der Waals surface area contributed by atoms with Gasteiger partial charge in [0.15, 0.2) is 17.5 Å². The summed E-state index contributed by atoms with van der Waals surface area (Å²) in [6.07, 6.45) is -1.83. The SMILES string of the molecule is CC(C)O[Si](O)(OC(C)C)C(F)(F)OC(=O)c1ccc(F)c(F)c1F. The number of hydrogen-bond acceptors (Lipinski definition) is 5. The van der Waals surface area contributed by atoms with E-state index in [1.54, 1.807) is 0 Å². The van der Waals surface area contributed by atoms with Crippen LogP contribution in [0.2, 0.25) is 0 Å². The van der Waals surface area contributed by atoms with E-state index in [9.17, 15) is 31.5 Å². The van der Waals surface area contributed by atoms with E-state index in [-0.39, 0.29) is 0 Å². The van der Waals surface area contributed by atoms with Gasteiger partial charge in [0.2, 0.25) is 0 Å². The Morgan fingerprint density at radius 2 is 1.52 bits per heavy atom. The number of halogens is 5. The van der Waals surface area contributed by atoms with Crippen molar-refractivity contribution in [3.63, 3.8) is 0 Å². The summed E-state index contributed by atoms with van der Waals surface area (Å²) in [5, 5.41) is 0. The zero-order valence-electron chi connectivity index (χ0n) is 13.8. The predicted molar refractivity (Wildman–Crippen MR) is 77.1 cm³/mol. The minimum Gasteiger partial charge on any atom is -0.394 e. The van der Waals surface area contributed by atoms with Crippen molar-refractivity contribution >= 4 is 14.8 Å². The highest BCUT2D eigenvalue weighted by molar-refractivity contribution is 6.61. The van der Waals surface area contributed by atoms with Crippen LogP contribution in [0.5, 0.6) is 0 Å². The number of hydrogen-bond donors (Lipinski definition) is 1. The van der Waals surface area contributed by atoms with Gasteiger partial charge in [-0.2, -0.15) is 8.78 Å². The number of rotatable bonds is 7. The Morgan fingerprint density at radius 3 is 1.96 bits per heavy atom. The molecule has 1 aromatic rings. The van der Waals surface area contributed by atoms with Crippen LogP contribution in [-0.4, -0.2) is 37.5 Å². The van der Waals surface area contributed by atoms with Crippen LogP contribution in [0.3, 0.4) is 0 Å². The Morgan fingerprint density at radius 1 is 1.04 bits per heavy atom. The number of carbonyl (C=O) groups is 1. The van der Waals surface area contributed by atoms with Crippen LogP contribution in [0.25, 0.3) is 0 Å². The van der Waals surface area contributed by atoms with Crippen LogP contribution < -0.4 is 0 Å². The summed E-state index contributed by atoms with van der Waals surface area (Å²) in [6, 6.07) is 0.797. The van der Waals surface area contributed by atoms with Crippen LogP contribution in [0.4, 0.5) is 22.0 Å². The standard InChI is InChI=1S/C14H17F5O5Si/c1-7(2)23-25(21,24-8(3)4)14(18,19)22-13(20)9-5-6-10(15)12(17)11(9)16/h5-8,21H,1-4H3. The van der Waals surface area contributed by atoms with Gasteiger partial charge in [-0.25, -0.2) is 18.0 Å². The van der Waals surface area contributed by atoms with E-state index in [1.807, 2.05) is 0 Å². The molecule has 0 fully saturated rings. The normalized spacial score (nSPS) is 12.8. The molecule has 0 amide bonds. The molecule has 0 aliphatic rings. The summed E-state index contributed by atoms with van der Waals surface area (Å²) in [5.74, 6) is -7.66. The van der Waals surface area contributed by atoms with Gasteiger partial charge in [0.05, 0.1) is 5.56 Å². The average Bonchev–Trinajstić information content (AvgIpc) is 2.42. The molecule has 1 rings (SSSR count). The van der Waals surface area contributed by atoms with Gasteiger partial charge in [-0.3, -0.25) is 0 Å². The predicted octanol–water partition coefficient (Wildman–Crippen LogP) is 3.17. The molecule has 0 aliphatic carbocycles. The molecule has 1 aromatic carbocycles. The van der Waals surface area contributed by atoms with Crippen LogP contribution in [0, 0.1) is 17.5 Å². The zero-order valence-corrected chi connectivity index (χ0v) is 14.8. The fraction of sp³-hybridized carbons (Fsp3) is 0.500. The molecule has 11 heteroatoms. The fourth-order valence-corrected chi connectivity index (χ4v) is 3.55. The molecule has 0 saturated carbocycles. The molecule has 0 aliphatic heterocycles. The third kappa shape index (κ3) is 4.97. The molecule has 0 unspecified atom stereocenters. The van der Waals surface area contributed by atoms with Crippen molar-refractivity contribution in [2.75, 3.05) is 0 Å². The van der Waals surface area contributed by atoms with Gasteiger partial charge in [-0.15, -0.1) is 0 Å². The smallest absolute Gasteiger partial charge is 0.394 e. The molecule has 0 heterocycles. The van der Waals surface area contributed by atoms with Gasteiger partial charge in [0.1, 0.15) is 0 Å². The van der Waals surface area contributed by atoms with Gasteiger partial charge in [-0.1, -0.05) is 0 Å². The van der Waals surface area contributed by atoms with Gasteiger partial charge in [0.25, 0.3) is 0 Å². The first kappa shape index (κ1) is 21.5. The van der Waals surface area contributed by atoms with E-state index in [4.69, 9.17) is 8.85 Å². The van der Waals surface area contributed by atoms with Crippen LogP contribution in [0.1, 0.15) is 38.1 Å². The summed E-state index contributed by atoms with van der Waals surface area (Å²) >= 11 is 0. The van der Waals surface area contributed by atoms with Crippen molar-refractivity contribution in [2.45, 2.75) is 45.6 Å². The quantitative estimate of drug-likeness (QED) is 0.336. The number of carbonyl (C=O) groups excluding carboxylic acids is 1. The Bertz CT molecular complexity index is 628. The molecule has 0 radical (unpaired) electrons. The average molecular weight is 388 g/mol. The largest absolute Gasteiger partial charge is 0.625 e. The first-order chi connectivity index (χ1) is 11.3. The van der Waals surface area contributed by atoms with E-state index in [0.717, 1.165) is 0 Å². The van der Waals surface area contributed by atoms with Gasteiger partial charge in [-0.05, 0) is 39.8 Å². The number of benzene rings is 1. The van der Waals surface area contributed by atoms with E-state index >= 15 is 0 Å². The minimum absolute atomic E-state index is 0.367. The lowest BCUT2D eigenvalue weighted by atomic mass is 10.2. The van der Waals surface area contributed by atoms with Crippen molar-refractivity contribution < 1.29 is 45.1 Å². The molecule has 0 atom stereocenters. The summed E-state index contributed by atoms with van der Waals surface area (Å²) in [7, 11) is -5.41. The summed E-state index contributed by atoms with van der Waals surface area (Å²) < 4.78 is 81.4. The highest BCUT2D eigenvalue weighted by Gasteiger charge is 2.68. The molecule has 0 aromatic heterocycles. The van der Waals surface area contributed by atoms with Gasteiger partial charge >= 0.3 is 20.5 Å². The van der Waals surface area contributed by atoms with Crippen LogP contribution in [0.15, 0.2) is 12.1 Å². The third-order valence-electron chi connectivity index (χ3n) is 2.63. The number of alkyl halides is 2. The lowest BCUT2D eigenvalue weighted by molar-refractivity contribution is -0.193. The molecule has 0 bridgehead atoms. The highest BCUT2D eigenvalue weighted by Crippen LogP contribution is 2.32. The third-order valence-corrected chi connectivity index (χ3v) is 5.05. The van der Waals surface area contributed by atoms with Crippen LogP contribution >= 0.6 is 0 Å². The second-order valence-electron chi connectivity index (χ2n) is 5.54. The Kier molecular flexibility index (Phi) is 6.67. The molecule has 0 spiro atoms. The van der Waals surface area contributed by atoms with Crippen molar-refractivity contribution in [2.24, 2.45) is 0 Å². The molecule has 142 valence electrons. The van der Waals surface area contributed by atoms with Gasteiger partial charge in [0, 0.05) is 12.2 Å². The monoisotopic (exact) mass is 388 g/mol. The Labute approximate surface area is 141 Å². The van der Waals surface area contributed by atoms with E-state index < -0.39 is 55.7 Å². The molecular formula is C14H17F5O5Si. The maximum absolute atomic E-state index is 14.3. The molecular weight excluding hydrogens is 371 g/mol. The highest BCUT2D eigenvalue weighted by atomic mass is 28.4. The lowest BCUT2D eigenvalue weighted by Gasteiger charge is -2.32. The topological polar surface area (TPSA) is 65.0 Å². The Hall–Kier alpha value is -1.56. The minimum atomic E-state index is -5.41. The summed E-state index contributed by atoms with van der Waals surface area (Å²) in [5.41, 5.74) is -5.93. The number of esters is 1. The second kappa shape index (κ2) is 7.77.